The summed E-state index contributed by atoms with van der Waals surface area (Å²) in [5, 5.41) is 6.48. The number of aryl methyl sites for hydroxylation is 2. The number of aromatic nitrogens is 1. The minimum atomic E-state index is -4.42. The lowest BCUT2D eigenvalue weighted by Crippen LogP contribution is -2.28. The van der Waals surface area contributed by atoms with Crippen LogP contribution in [0.3, 0.4) is 0 Å². The largest absolute Gasteiger partial charge is 0.416 e. The number of benzene rings is 1. The number of nitrogens with zero attached hydrogens (tertiary/aromatic N) is 1. The number of halogens is 3. The summed E-state index contributed by atoms with van der Waals surface area (Å²) in [6.45, 7) is 5.09. The van der Waals surface area contributed by atoms with Gasteiger partial charge in [-0.1, -0.05) is 24.2 Å². The summed E-state index contributed by atoms with van der Waals surface area (Å²) in [6.07, 6.45) is -3.89. The maximum Gasteiger partial charge on any atom is 0.416 e. The minimum Gasteiger partial charge on any atom is -0.361 e. The van der Waals surface area contributed by atoms with E-state index in [9.17, 15) is 18.0 Å². The number of hydrogen-bond acceptors (Lipinski definition) is 3. The van der Waals surface area contributed by atoms with Gasteiger partial charge in [0, 0.05) is 0 Å². The molecule has 2 aromatic rings. The summed E-state index contributed by atoms with van der Waals surface area (Å²) in [7, 11) is 0. The van der Waals surface area contributed by atoms with Gasteiger partial charge in [-0.25, -0.2) is 0 Å². The molecule has 0 fully saturated rings. The molecule has 2 rings (SSSR count). The monoisotopic (exact) mass is 326 g/mol. The molecule has 0 unspecified atom stereocenters. The van der Waals surface area contributed by atoms with E-state index in [1.807, 2.05) is 6.92 Å². The minimum absolute atomic E-state index is 0.339. The summed E-state index contributed by atoms with van der Waals surface area (Å²) >= 11 is 0. The molecule has 7 heteroatoms. The molecule has 1 N–H and O–H groups in total. The second-order valence-electron chi connectivity index (χ2n) is 5.23. The summed E-state index contributed by atoms with van der Waals surface area (Å²) < 4.78 is 43.3. The lowest BCUT2D eigenvalue weighted by molar-refractivity contribution is -0.137. The second-order valence-corrected chi connectivity index (χ2v) is 5.23. The van der Waals surface area contributed by atoms with E-state index in [2.05, 4.69) is 10.5 Å². The maximum absolute atomic E-state index is 12.8. The molecule has 1 aromatic carbocycles. The van der Waals surface area contributed by atoms with E-state index in [-0.39, 0.29) is 0 Å². The number of nitrogens with one attached hydrogen (secondary N) is 1. The maximum atomic E-state index is 12.8. The number of rotatable bonds is 4. The Morgan fingerprint density at radius 1 is 1.39 bits per heavy atom. The SMILES string of the molecule is CCc1noc(C)c1C(=O)N[C@H](C)c1cccc(C(F)(F)F)c1. The van der Waals surface area contributed by atoms with Crippen molar-refractivity contribution >= 4 is 5.91 Å². The Bertz CT molecular complexity index is 708. The van der Waals surface area contributed by atoms with E-state index in [0.29, 0.717) is 29.0 Å². The van der Waals surface area contributed by atoms with Gasteiger partial charge < -0.3 is 9.84 Å². The highest BCUT2D eigenvalue weighted by Gasteiger charge is 2.31. The van der Waals surface area contributed by atoms with Crippen molar-refractivity contribution in [2.45, 2.75) is 39.4 Å². The van der Waals surface area contributed by atoms with Crippen molar-refractivity contribution in [3.8, 4) is 0 Å². The molecule has 4 nitrogen and oxygen atoms in total. The Labute approximate surface area is 131 Å². The topological polar surface area (TPSA) is 55.1 Å². The molecule has 0 aliphatic carbocycles. The summed E-state index contributed by atoms with van der Waals surface area (Å²) in [5.74, 6) is -0.0268. The van der Waals surface area contributed by atoms with Crippen molar-refractivity contribution in [3.05, 3.63) is 52.4 Å². The molecule has 0 bridgehead atoms. The number of carbonyl (C=O) groups excluding carboxylic acids is 1. The molecule has 0 radical (unpaired) electrons. The lowest BCUT2D eigenvalue weighted by atomic mass is 10.0. The summed E-state index contributed by atoms with van der Waals surface area (Å²) in [5.41, 5.74) is 0.495. The standard InChI is InChI=1S/C16H17F3N2O2/c1-4-13-14(10(3)23-21-13)15(22)20-9(2)11-6-5-7-12(8-11)16(17,18)19/h5-9H,4H2,1-3H3,(H,20,22)/t9-/m1/s1. The third-order valence-corrected chi connectivity index (χ3v) is 3.56. The molecule has 0 spiro atoms. The molecule has 1 heterocycles. The normalized spacial score (nSPS) is 13.0. The third kappa shape index (κ3) is 3.72. The van der Waals surface area contributed by atoms with Crippen molar-refractivity contribution in [2.75, 3.05) is 0 Å². The Kier molecular flexibility index (Phi) is 4.77. The molecule has 1 aromatic heterocycles. The zero-order valence-electron chi connectivity index (χ0n) is 13.0. The fourth-order valence-electron chi connectivity index (χ4n) is 2.29. The van der Waals surface area contributed by atoms with Crippen molar-refractivity contribution in [1.82, 2.24) is 10.5 Å². The van der Waals surface area contributed by atoms with Gasteiger partial charge in [0.25, 0.3) is 5.91 Å². The van der Waals surface area contributed by atoms with E-state index < -0.39 is 23.7 Å². The molecule has 1 amide bonds. The molecule has 23 heavy (non-hydrogen) atoms. The zero-order chi connectivity index (χ0) is 17.2. The van der Waals surface area contributed by atoms with Crippen LogP contribution in [-0.4, -0.2) is 11.1 Å². The average Bonchev–Trinajstić information content (AvgIpc) is 2.87. The van der Waals surface area contributed by atoms with Crippen LogP contribution in [0.1, 0.15) is 52.8 Å². The Balaban J connectivity index is 2.20. The molecule has 0 aliphatic heterocycles. The van der Waals surface area contributed by atoms with Crippen LogP contribution >= 0.6 is 0 Å². The van der Waals surface area contributed by atoms with Gasteiger partial charge in [0.2, 0.25) is 0 Å². The Morgan fingerprint density at radius 2 is 2.09 bits per heavy atom. The number of hydrogen-bond donors (Lipinski definition) is 1. The van der Waals surface area contributed by atoms with Crippen LogP contribution in [0.15, 0.2) is 28.8 Å². The first kappa shape index (κ1) is 17.1. The molecule has 0 aliphatic rings. The Morgan fingerprint density at radius 3 is 2.70 bits per heavy atom. The second kappa shape index (κ2) is 6.44. The van der Waals surface area contributed by atoms with Crippen LogP contribution in [0.4, 0.5) is 13.2 Å². The predicted molar refractivity (Wildman–Crippen MR) is 77.9 cm³/mol. The van der Waals surface area contributed by atoms with Gasteiger partial charge in [0.05, 0.1) is 17.3 Å². The van der Waals surface area contributed by atoms with Crippen LogP contribution in [0.5, 0.6) is 0 Å². The van der Waals surface area contributed by atoms with E-state index >= 15 is 0 Å². The highest BCUT2D eigenvalue weighted by Crippen LogP contribution is 2.30. The van der Waals surface area contributed by atoms with Crippen LogP contribution in [0.2, 0.25) is 0 Å². The fourth-order valence-corrected chi connectivity index (χ4v) is 2.29. The number of alkyl halides is 3. The first-order chi connectivity index (χ1) is 10.7. The van der Waals surface area contributed by atoms with Crippen molar-refractivity contribution in [1.29, 1.82) is 0 Å². The lowest BCUT2D eigenvalue weighted by Gasteiger charge is -2.16. The molecule has 124 valence electrons. The summed E-state index contributed by atoms with van der Waals surface area (Å²) in [4.78, 5) is 12.3. The molecular formula is C16H17F3N2O2. The van der Waals surface area contributed by atoms with Gasteiger partial charge in [-0.2, -0.15) is 13.2 Å². The molecule has 0 saturated carbocycles. The zero-order valence-corrected chi connectivity index (χ0v) is 13.0. The van der Waals surface area contributed by atoms with E-state index in [4.69, 9.17) is 4.52 Å². The van der Waals surface area contributed by atoms with Gasteiger partial charge in [0.1, 0.15) is 11.3 Å². The van der Waals surface area contributed by atoms with Crippen molar-refractivity contribution in [2.24, 2.45) is 0 Å². The van der Waals surface area contributed by atoms with Gasteiger partial charge in [0.15, 0.2) is 0 Å². The number of carbonyl (C=O) groups is 1. The smallest absolute Gasteiger partial charge is 0.361 e. The molecule has 0 saturated heterocycles. The Hall–Kier alpha value is -2.31. The van der Waals surface area contributed by atoms with Gasteiger partial charge in [-0.3, -0.25) is 4.79 Å². The molecular weight excluding hydrogens is 309 g/mol. The van der Waals surface area contributed by atoms with Gasteiger partial charge in [-0.05, 0) is 38.0 Å². The number of amides is 1. The van der Waals surface area contributed by atoms with E-state index in [1.54, 1.807) is 19.9 Å². The summed E-state index contributed by atoms with van der Waals surface area (Å²) in [6, 6.07) is 4.32. The first-order valence-corrected chi connectivity index (χ1v) is 7.17. The van der Waals surface area contributed by atoms with Crippen LogP contribution in [0.25, 0.3) is 0 Å². The quantitative estimate of drug-likeness (QED) is 0.922. The van der Waals surface area contributed by atoms with E-state index in [1.165, 1.54) is 6.07 Å². The average molecular weight is 326 g/mol. The molecule has 1 atom stereocenters. The fraction of sp³-hybridized carbons (Fsp3) is 0.375. The predicted octanol–water partition coefficient (Wildman–Crippen LogP) is 4.06. The highest BCUT2D eigenvalue weighted by atomic mass is 19.4. The van der Waals surface area contributed by atoms with Gasteiger partial charge >= 0.3 is 6.18 Å². The van der Waals surface area contributed by atoms with Gasteiger partial charge in [-0.15, -0.1) is 0 Å². The van der Waals surface area contributed by atoms with Crippen LogP contribution in [-0.2, 0) is 12.6 Å². The highest BCUT2D eigenvalue weighted by molar-refractivity contribution is 5.96. The third-order valence-electron chi connectivity index (χ3n) is 3.56. The van der Waals surface area contributed by atoms with Crippen LogP contribution < -0.4 is 5.32 Å². The van der Waals surface area contributed by atoms with Crippen LogP contribution in [0, 0.1) is 6.92 Å². The van der Waals surface area contributed by atoms with E-state index in [0.717, 1.165) is 12.1 Å². The van der Waals surface area contributed by atoms with Crippen molar-refractivity contribution in [3.63, 3.8) is 0 Å². The first-order valence-electron chi connectivity index (χ1n) is 7.17. The van der Waals surface area contributed by atoms with Crippen molar-refractivity contribution < 1.29 is 22.5 Å².